The molecular weight excluding hydrogens is 446 g/mol. The fraction of sp³-hybridized carbons (Fsp3) is 0.200. The van der Waals surface area contributed by atoms with Crippen molar-refractivity contribution in [1.29, 1.82) is 0 Å². The second-order valence-electron chi connectivity index (χ2n) is 6.44. The molecule has 0 aliphatic rings. The summed E-state index contributed by atoms with van der Waals surface area (Å²) in [4.78, 5) is 16.5. The van der Waals surface area contributed by atoms with Gasteiger partial charge in [0, 0.05) is 22.5 Å². The number of aryl methyl sites for hydroxylation is 2. The second kappa shape index (κ2) is 9.46. The first kappa shape index (κ1) is 22.1. The Labute approximate surface area is 184 Å². The molecule has 0 bridgehead atoms. The van der Waals surface area contributed by atoms with Gasteiger partial charge in [-0.15, -0.1) is 11.3 Å². The van der Waals surface area contributed by atoms with Crippen LogP contribution in [0.2, 0.25) is 5.02 Å². The van der Waals surface area contributed by atoms with Crippen LogP contribution in [-0.2, 0) is 21.2 Å². The number of nitrogens with zero attached hydrogens (tertiary/aromatic N) is 1. The number of hydrogen-bond donors (Lipinski definition) is 2. The Morgan fingerprint density at radius 1 is 1.20 bits per heavy atom. The van der Waals surface area contributed by atoms with Crippen LogP contribution < -0.4 is 14.8 Å². The highest BCUT2D eigenvalue weighted by Gasteiger charge is 2.16. The maximum atomic E-state index is 12.5. The zero-order chi connectivity index (χ0) is 21.7. The molecule has 1 amide bonds. The number of methoxy groups -OCH3 is 1. The molecule has 3 rings (SSSR count). The SMILES string of the molecule is COc1ccc(S(=O)(=O)Nc2nc(CCC(=O)Nc3ccc(C)c(Cl)c3)cs2)cc1. The molecule has 0 spiro atoms. The molecule has 0 aliphatic heterocycles. The minimum Gasteiger partial charge on any atom is -0.497 e. The topological polar surface area (TPSA) is 97.4 Å². The van der Waals surface area contributed by atoms with Crippen molar-refractivity contribution in [1.82, 2.24) is 4.98 Å². The van der Waals surface area contributed by atoms with Gasteiger partial charge in [0.05, 0.1) is 17.7 Å². The van der Waals surface area contributed by atoms with Crippen LogP contribution in [0.3, 0.4) is 0 Å². The standard InChI is InChI=1S/C20H20ClN3O4S2/c1-13-3-4-14(11-18(13)21)22-19(25)10-5-15-12-29-20(23-15)24-30(26,27)17-8-6-16(28-2)7-9-17/h3-4,6-9,11-12H,5,10H2,1-2H3,(H,22,25)(H,23,24). The van der Waals surface area contributed by atoms with E-state index in [1.807, 2.05) is 13.0 Å². The van der Waals surface area contributed by atoms with Gasteiger partial charge in [-0.25, -0.2) is 13.4 Å². The van der Waals surface area contributed by atoms with Crippen molar-refractivity contribution in [3.8, 4) is 5.75 Å². The van der Waals surface area contributed by atoms with Gasteiger partial charge in [-0.2, -0.15) is 0 Å². The lowest BCUT2D eigenvalue weighted by molar-refractivity contribution is -0.116. The minimum atomic E-state index is -3.75. The van der Waals surface area contributed by atoms with Gasteiger partial charge in [0.2, 0.25) is 5.91 Å². The highest BCUT2D eigenvalue weighted by Crippen LogP contribution is 2.23. The van der Waals surface area contributed by atoms with E-state index in [1.165, 1.54) is 19.2 Å². The van der Waals surface area contributed by atoms with Gasteiger partial charge < -0.3 is 10.1 Å². The molecule has 0 unspecified atom stereocenters. The molecule has 0 saturated carbocycles. The van der Waals surface area contributed by atoms with Gasteiger partial charge >= 0.3 is 0 Å². The minimum absolute atomic E-state index is 0.108. The summed E-state index contributed by atoms with van der Waals surface area (Å²) in [5.41, 5.74) is 2.19. The summed E-state index contributed by atoms with van der Waals surface area (Å²) < 4.78 is 32.4. The molecule has 2 N–H and O–H groups in total. The van der Waals surface area contributed by atoms with Gasteiger partial charge in [0.25, 0.3) is 10.0 Å². The van der Waals surface area contributed by atoms with E-state index in [0.717, 1.165) is 16.9 Å². The third-order valence-corrected chi connectivity index (χ3v) is 6.90. The van der Waals surface area contributed by atoms with E-state index < -0.39 is 10.0 Å². The first-order valence-corrected chi connectivity index (χ1v) is 11.7. The van der Waals surface area contributed by atoms with E-state index in [9.17, 15) is 13.2 Å². The molecule has 7 nitrogen and oxygen atoms in total. The number of aromatic nitrogens is 1. The van der Waals surface area contributed by atoms with Crippen molar-refractivity contribution in [3.63, 3.8) is 0 Å². The number of halogens is 1. The molecule has 0 saturated heterocycles. The van der Waals surface area contributed by atoms with E-state index in [-0.39, 0.29) is 22.4 Å². The summed E-state index contributed by atoms with van der Waals surface area (Å²) in [6.45, 7) is 1.89. The largest absolute Gasteiger partial charge is 0.497 e. The van der Waals surface area contributed by atoms with Gasteiger partial charge in [-0.3, -0.25) is 9.52 Å². The summed E-state index contributed by atoms with van der Waals surface area (Å²) in [5, 5.41) is 5.34. The van der Waals surface area contributed by atoms with Crippen molar-refractivity contribution in [3.05, 3.63) is 64.1 Å². The molecule has 2 aromatic carbocycles. The average Bonchev–Trinajstić information content (AvgIpc) is 3.16. The quantitative estimate of drug-likeness (QED) is 0.511. The molecule has 158 valence electrons. The monoisotopic (exact) mass is 465 g/mol. The van der Waals surface area contributed by atoms with Gasteiger partial charge in [-0.1, -0.05) is 17.7 Å². The zero-order valence-electron chi connectivity index (χ0n) is 16.3. The van der Waals surface area contributed by atoms with E-state index in [4.69, 9.17) is 16.3 Å². The number of thiazole rings is 1. The number of rotatable bonds is 8. The summed E-state index contributed by atoms with van der Waals surface area (Å²) >= 11 is 7.23. The lowest BCUT2D eigenvalue weighted by Crippen LogP contribution is -2.13. The third-order valence-electron chi connectivity index (χ3n) is 4.21. The number of sulfonamides is 1. The first-order chi connectivity index (χ1) is 14.3. The van der Waals surface area contributed by atoms with Crippen molar-refractivity contribution < 1.29 is 17.9 Å². The number of nitrogens with one attached hydrogen (secondary N) is 2. The number of anilines is 2. The fourth-order valence-corrected chi connectivity index (χ4v) is 4.71. The van der Waals surface area contributed by atoms with Crippen molar-refractivity contribution in [2.75, 3.05) is 17.1 Å². The Bertz CT molecular complexity index is 1150. The van der Waals surface area contributed by atoms with Crippen LogP contribution in [0.4, 0.5) is 10.8 Å². The van der Waals surface area contributed by atoms with Crippen LogP contribution in [0.5, 0.6) is 5.75 Å². The van der Waals surface area contributed by atoms with Crippen molar-refractivity contribution >= 4 is 49.7 Å². The molecule has 1 aromatic heterocycles. The van der Waals surface area contributed by atoms with Crippen LogP contribution in [0.25, 0.3) is 0 Å². The number of carbonyl (C=O) groups is 1. The number of carbonyl (C=O) groups excluding carboxylic acids is 1. The molecule has 1 heterocycles. The third kappa shape index (κ3) is 5.71. The second-order valence-corrected chi connectivity index (χ2v) is 9.38. The Hall–Kier alpha value is -2.62. The molecule has 30 heavy (non-hydrogen) atoms. The summed E-state index contributed by atoms with van der Waals surface area (Å²) in [5.74, 6) is 0.389. The first-order valence-electron chi connectivity index (χ1n) is 8.94. The van der Waals surface area contributed by atoms with E-state index >= 15 is 0 Å². The summed E-state index contributed by atoms with van der Waals surface area (Å²) in [7, 11) is -2.25. The van der Waals surface area contributed by atoms with Crippen LogP contribution in [-0.4, -0.2) is 26.4 Å². The van der Waals surface area contributed by atoms with Gasteiger partial charge in [0.15, 0.2) is 5.13 Å². The molecule has 0 atom stereocenters. The summed E-state index contributed by atoms with van der Waals surface area (Å²) in [6.07, 6.45) is 0.589. The Balaban J connectivity index is 1.56. The maximum absolute atomic E-state index is 12.5. The molecule has 10 heteroatoms. The molecule has 3 aromatic rings. The highest BCUT2D eigenvalue weighted by atomic mass is 35.5. The molecule has 0 radical (unpaired) electrons. The van der Waals surface area contributed by atoms with Gasteiger partial charge in [-0.05, 0) is 55.3 Å². The van der Waals surface area contributed by atoms with Crippen LogP contribution in [0.15, 0.2) is 52.7 Å². The highest BCUT2D eigenvalue weighted by molar-refractivity contribution is 7.93. The number of amides is 1. The fourth-order valence-electron chi connectivity index (χ4n) is 2.53. The normalized spacial score (nSPS) is 11.2. The predicted molar refractivity (Wildman–Crippen MR) is 119 cm³/mol. The van der Waals surface area contributed by atoms with Gasteiger partial charge in [0.1, 0.15) is 5.75 Å². The van der Waals surface area contributed by atoms with E-state index in [1.54, 1.807) is 29.6 Å². The number of hydrogen-bond acceptors (Lipinski definition) is 6. The Kier molecular flexibility index (Phi) is 6.96. The number of ether oxygens (including phenoxy) is 1. The Morgan fingerprint density at radius 3 is 2.60 bits per heavy atom. The van der Waals surface area contributed by atoms with E-state index in [0.29, 0.717) is 28.6 Å². The lowest BCUT2D eigenvalue weighted by atomic mass is 10.2. The van der Waals surface area contributed by atoms with Crippen LogP contribution in [0, 0.1) is 6.92 Å². The summed E-state index contributed by atoms with van der Waals surface area (Å²) in [6, 6.07) is 11.4. The van der Waals surface area contributed by atoms with Crippen molar-refractivity contribution in [2.24, 2.45) is 0 Å². The maximum Gasteiger partial charge on any atom is 0.263 e. The van der Waals surface area contributed by atoms with Crippen LogP contribution in [0.1, 0.15) is 17.7 Å². The lowest BCUT2D eigenvalue weighted by Gasteiger charge is -2.07. The predicted octanol–water partition coefficient (Wildman–Crippen LogP) is 4.49. The smallest absolute Gasteiger partial charge is 0.263 e. The van der Waals surface area contributed by atoms with E-state index in [2.05, 4.69) is 15.0 Å². The van der Waals surface area contributed by atoms with Crippen LogP contribution >= 0.6 is 22.9 Å². The zero-order valence-corrected chi connectivity index (χ0v) is 18.7. The average molecular weight is 466 g/mol. The molecule has 0 aliphatic carbocycles. The van der Waals surface area contributed by atoms with Crippen molar-refractivity contribution in [2.45, 2.75) is 24.7 Å². The molecule has 0 fully saturated rings. The Morgan fingerprint density at radius 2 is 1.93 bits per heavy atom. The number of benzene rings is 2. The molecular formula is C20H20ClN3O4S2.